The highest BCUT2D eigenvalue weighted by Crippen LogP contribution is 2.30. The average molecular weight is 375 g/mol. The van der Waals surface area contributed by atoms with Crippen LogP contribution in [0.2, 0.25) is 0 Å². The topological polar surface area (TPSA) is 58.7 Å². The van der Waals surface area contributed by atoms with Gasteiger partial charge in [0.15, 0.2) is 0 Å². The lowest BCUT2D eigenvalue weighted by Gasteiger charge is -2.13. The molecule has 0 saturated heterocycles. The van der Waals surface area contributed by atoms with Crippen molar-refractivity contribution in [3.8, 4) is 0 Å². The fourth-order valence-electron chi connectivity index (χ4n) is 2.66. The van der Waals surface area contributed by atoms with Gasteiger partial charge in [-0.2, -0.15) is 10.1 Å². The lowest BCUT2D eigenvalue weighted by molar-refractivity contribution is -0.118. The van der Waals surface area contributed by atoms with E-state index >= 15 is 0 Å². The van der Waals surface area contributed by atoms with Crippen molar-refractivity contribution in [2.45, 2.75) is 13.3 Å². The summed E-state index contributed by atoms with van der Waals surface area (Å²) >= 11 is 1.45. The second kappa shape index (κ2) is 7.55. The van der Waals surface area contributed by atoms with Gasteiger partial charge in [0.1, 0.15) is 5.76 Å². The normalized spacial score (nSPS) is 11.3. The summed E-state index contributed by atoms with van der Waals surface area (Å²) in [6.07, 6.45) is 3.34. The number of hydrogen-bond donors (Lipinski definition) is 0. The molecule has 4 aromatic rings. The fourth-order valence-corrected chi connectivity index (χ4v) is 3.69. The van der Waals surface area contributed by atoms with E-state index in [4.69, 9.17) is 4.42 Å². The molecule has 0 unspecified atom stereocenters. The second-order valence-electron chi connectivity index (χ2n) is 6.10. The van der Waals surface area contributed by atoms with E-state index in [-0.39, 0.29) is 12.3 Å². The van der Waals surface area contributed by atoms with Gasteiger partial charge < -0.3 is 4.42 Å². The van der Waals surface area contributed by atoms with E-state index in [9.17, 15) is 4.79 Å². The highest BCUT2D eigenvalue weighted by Gasteiger charge is 2.19. The van der Waals surface area contributed by atoms with Crippen LogP contribution in [0.5, 0.6) is 0 Å². The first-order valence-electron chi connectivity index (χ1n) is 8.50. The number of hydrogen-bond acceptors (Lipinski definition) is 5. The molecule has 134 valence electrons. The number of aryl methyl sites for hydroxylation is 1. The first-order chi connectivity index (χ1) is 13.2. The molecule has 5 nitrogen and oxygen atoms in total. The molecule has 2 aromatic heterocycles. The smallest absolute Gasteiger partial charge is 0.253 e. The zero-order chi connectivity index (χ0) is 18.6. The Hall–Kier alpha value is -3.25. The van der Waals surface area contributed by atoms with Crippen molar-refractivity contribution in [3.05, 3.63) is 83.8 Å². The van der Waals surface area contributed by atoms with Gasteiger partial charge in [0.2, 0.25) is 5.13 Å². The Labute approximate surface area is 160 Å². The Kier molecular flexibility index (Phi) is 4.80. The predicted octanol–water partition coefficient (Wildman–Crippen LogP) is 4.81. The van der Waals surface area contributed by atoms with Gasteiger partial charge in [-0.05, 0) is 42.3 Å². The van der Waals surface area contributed by atoms with Crippen molar-refractivity contribution >= 4 is 38.8 Å². The van der Waals surface area contributed by atoms with Crippen LogP contribution < -0.4 is 5.01 Å². The molecular weight excluding hydrogens is 358 g/mol. The van der Waals surface area contributed by atoms with Gasteiger partial charge in [-0.3, -0.25) is 4.79 Å². The van der Waals surface area contributed by atoms with Gasteiger partial charge in [0.25, 0.3) is 5.91 Å². The van der Waals surface area contributed by atoms with Crippen LogP contribution in [0.4, 0.5) is 5.13 Å². The minimum absolute atomic E-state index is 0.153. The summed E-state index contributed by atoms with van der Waals surface area (Å²) in [6.45, 7) is 2.03. The average Bonchev–Trinajstić information content (AvgIpc) is 3.32. The van der Waals surface area contributed by atoms with E-state index in [2.05, 4.69) is 16.2 Å². The molecule has 1 amide bonds. The van der Waals surface area contributed by atoms with Crippen LogP contribution in [0.25, 0.3) is 10.2 Å². The quantitative estimate of drug-likeness (QED) is 0.372. The highest BCUT2D eigenvalue weighted by molar-refractivity contribution is 7.22. The largest absolute Gasteiger partial charge is 0.463 e. The van der Waals surface area contributed by atoms with E-state index in [0.717, 1.165) is 21.3 Å². The van der Waals surface area contributed by atoms with Crippen LogP contribution in [0.3, 0.4) is 0 Å². The molecule has 0 atom stereocenters. The van der Waals surface area contributed by atoms with E-state index in [0.29, 0.717) is 10.9 Å². The maximum Gasteiger partial charge on any atom is 0.253 e. The van der Waals surface area contributed by atoms with Gasteiger partial charge in [0, 0.05) is 0 Å². The first-order valence-corrected chi connectivity index (χ1v) is 9.32. The van der Waals surface area contributed by atoms with Gasteiger partial charge >= 0.3 is 0 Å². The molecule has 0 aliphatic rings. The summed E-state index contributed by atoms with van der Waals surface area (Å²) in [5.74, 6) is 0.421. The lowest BCUT2D eigenvalue weighted by atomic mass is 10.1. The zero-order valence-corrected chi connectivity index (χ0v) is 15.5. The Morgan fingerprint density at radius 1 is 1.19 bits per heavy atom. The van der Waals surface area contributed by atoms with Gasteiger partial charge in [-0.15, -0.1) is 0 Å². The number of hydrazone groups is 1. The van der Waals surface area contributed by atoms with Crippen molar-refractivity contribution in [1.29, 1.82) is 0 Å². The van der Waals surface area contributed by atoms with E-state index < -0.39 is 0 Å². The summed E-state index contributed by atoms with van der Waals surface area (Å²) in [4.78, 5) is 17.6. The highest BCUT2D eigenvalue weighted by atomic mass is 32.1. The van der Waals surface area contributed by atoms with Crippen LogP contribution >= 0.6 is 11.3 Å². The van der Waals surface area contributed by atoms with Crippen LogP contribution in [-0.2, 0) is 11.2 Å². The van der Waals surface area contributed by atoms with Crippen molar-refractivity contribution < 1.29 is 9.21 Å². The number of furan rings is 1. The van der Waals surface area contributed by atoms with Crippen LogP contribution in [-0.4, -0.2) is 17.1 Å². The number of amides is 1. The third-order valence-electron chi connectivity index (χ3n) is 3.99. The first kappa shape index (κ1) is 17.2. The maximum absolute atomic E-state index is 13.0. The second-order valence-corrected chi connectivity index (χ2v) is 7.10. The number of anilines is 1. The molecule has 0 aliphatic heterocycles. The number of benzene rings is 2. The molecule has 0 radical (unpaired) electrons. The van der Waals surface area contributed by atoms with Crippen molar-refractivity contribution in [3.63, 3.8) is 0 Å². The number of thiazole rings is 1. The third kappa shape index (κ3) is 3.96. The number of fused-ring (bicyclic) bond motifs is 1. The molecule has 2 aromatic carbocycles. The summed E-state index contributed by atoms with van der Waals surface area (Å²) in [5, 5.41) is 6.26. The molecule has 0 bridgehead atoms. The molecule has 0 aliphatic carbocycles. The molecule has 0 spiro atoms. The summed E-state index contributed by atoms with van der Waals surface area (Å²) in [6, 6.07) is 19.2. The van der Waals surface area contributed by atoms with Gasteiger partial charge in [-0.25, -0.2) is 4.98 Å². The summed E-state index contributed by atoms with van der Waals surface area (Å²) in [7, 11) is 0. The number of aromatic nitrogens is 1. The standard InChI is InChI=1S/C21H17N3O2S/c1-15-9-10-18-19(12-15)27-21(23-18)24(22-14-17-8-5-11-26-17)20(25)13-16-6-3-2-4-7-16/h2-12,14H,13H2,1H3/b22-14+. The zero-order valence-electron chi connectivity index (χ0n) is 14.7. The summed E-state index contributed by atoms with van der Waals surface area (Å²) in [5.41, 5.74) is 2.93. The van der Waals surface area contributed by atoms with E-state index in [1.807, 2.05) is 49.4 Å². The predicted molar refractivity (Wildman–Crippen MR) is 108 cm³/mol. The van der Waals surface area contributed by atoms with Gasteiger partial charge in [-0.1, -0.05) is 47.7 Å². The minimum Gasteiger partial charge on any atom is -0.463 e. The number of carbonyl (C=O) groups is 1. The molecule has 6 heteroatoms. The van der Waals surface area contributed by atoms with E-state index in [1.54, 1.807) is 18.4 Å². The van der Waals surface area contributed by atoms with Crippen LogP contribution in [0.15, 0.2) is 76.4 Å². The maximum atomic E-state index is 13.0. The Bertz CT molecular complexity index is 1090. The van der Waals surface area contributed by atoms with Crippen LogP contribution in [0, 0.1) is 6.92 Å². The Morgan fingerprint density at radius 3 is 2.81 bits per heavy atom. The Morgan fingerprint density at radius 2 is 2.04 bits per heavy atom. The number of carbonyl (C=O) groups excluding carboxylic acids is 1. The molecule has 2 heterocycles. The van der Waals surface area contributed by atoms with Crippen LogP contribution in [0.1, 0.15) is 16.9 Å². The SMILES string of the molecule is Cc1ccc2nc(N(/N=C/c3ccco3)C(=O)Cc3ccccc3)sc2c1. The summed E-state index contributed by atoms with van der Waals surface area (Å²) < 4.78 is 6.31. The monoisotopic (exact) mass is 375 g/mol. The Balaban J connectivity index is 1.68. The molecule has 0 fully saturated rings. The fraction of sp³-hybridized carbons (Fsp3) is 0.0952. The third-order valence-corrected chi connectivity index (χ3v) is 4.99. The number of rotatable bonds is 5. The molecule has 27 heavy (non-hydrogen) atoms. The van der Waals surface area contributed by atoms with Gasteiger partial charge in [0.05, 0.1) is 29.1 Å². The molecular formula is C21H17N3O2S. The minimum atomic E-state index is -0.153. The molecule has 0 N–H and O–H groups in total. The van der Waals surface area contributed by atoms with Crippen molar-refractivity contribution in [2.75, 3.05) is 5.01 Å². The molecule has 0 saturated carbocycles. The van der Waals surface area contributed by atoms with Crippen molar-refractivity contribution in [1.82, 2.24) is 4.98 Å². The van der Waals surface area contributed by atoms with E-state index in [1.165, 1.54) is 22.6 Å². The number of nitrogens with zero attached hydrogens (tertiary/aromatic N) is 3. The molecule has 4 rings (SSSR count). The van der Waals surface area contributed by atoms with Crippen molar-refractivity contribution in [2.24, 2.45) is 5.10 Å². The lowest BCUT2D eigenvalue weighted by Crippen LogP contribution is -2.27.